The predicted octanol–water partition coefficient (Wildman–Crippen LogP) is 2.26. The molecule has 0 aliphatic carbocycles. The topological polar surface area (TPSA) is 70.7 Å². The predicted molar refractivity (Wildman–Crippen MR) is 102 cm³/mol. The summed E-state index contributed by atoms with van der Waals surface area (Å²) >= 11 is 0. The van der Waals surface area contributed by atoms with Crippen molar-refractivity contribution in [2.75, 3.05) is 30.4 Å². The van der Waals surface area contributed by atoms with Crippen LogP contribution in [0, 0.1) is 13.8 Å². The number of likely N-dealkylation sites (N-methyl/N-ethyl adjacent to an activating group) is 1. The van der Waals surface area contributed by atoms with Crippen molar-refractivity contribution in [2.24, 2.45) is 0 Å². The third kappa shape index (κ3) is 3.96. The van der Waals surface area contributed by atoms with Crippen LogP contribution >= 0.6 is 0 Å². The highest BCUT2D eigenvalue weighted by Crippen LogP contribution is 2.33. The molecule has 0 saturated heterocycles. The van der Waals surface area contributed by atoms with Crippen molar-refractivity contribution in [2.45, 2.75) is 20.0 Å². The van der Waals surface area contributed by atoms with Gasteiger partial charge in [-0.05, 0) is 49.2 Å². The van der Waals surface area contributed by atoms with Gasteiger partial charge in [0.05, 0.1) is 18.8 Å². The Balaban J connectivity index is 1.76. The maximum atomic E-state index is 12.6. The molecular weight excluding hydrogens is 330 g/mol. The SMILES string of the molecule is CNC(=O)[C@H]1CN(CC(=O)Nc2cc(C)cc(C)c2)c2ccccc2O1. The van der Waals surface area contributed by atoms with Gasteiger partial charge in [-0.1, -0.05) is 18.2 Å². The zero-order valence-electron chi connectivity index (χ0n) is 15.2. The number of rotatable bonds is 4. The molecule has 6 nitrogen and oxygen atoms in total. The van der Waals surface area contributed by atoms with E-state index in [2.05, 4.69) is 16.7 Å². The summed E-state index contributed by atoms with van der Waals surface area (Å²) in [5, 5.41) is 5.54. The number of nitrogens with zero attached hydrogens (tertiary/aromatic N) is 1. The first-order chi connectivity index (χ1) is 12.5. The van der Waals surface area contributed by atoms with Gasteiger partial charge in [-0.2, -0.15) is 0 Å². The van der Waals surface area contributed by atoms with Gasteiger partial charge < -0.3 is 20.3 Å². The van der Waals surface area contributed by atoms with Crippen LogP contribution < -0.4 is 20.3 Å². The van der Waals surface area contributed by atoms with E-state index in [1.54, 1.807) is 13.1 Å². The smallest absolute Gasteiger partial charge is 0.262 e. The Hall–Kier alpha value is -3.02. The van der Waals surface area contributed by atoms with Crippen LogP contribution in [0.5, 0.6) is 5.75 Å². The van der Waals surface area contributed by atoms with Crippen molar-refractivity contribution >= 4 is 23.2 Å². The third-order valence-corrected chi connectivity index (χ3v) is 4.24. The number of amides is 2. The summed E-state index contributed by atoms with van der Waals surface area (Å²) < 4.78 is 5.76. The molecule has 2 aromatic carbocycles. The maximum Gasteiger partial charge on any atom is 0.262 e. The number of ether oxygens (including phenoxy) is 1. The number of aryl methyl sites for hydroxylation is 2. The maximum absolute atomic E-state index is 12.6. The van der Waals surface area contributed by atoms with E-state index in [1.807, 2.05) is 49.1 Å². The summed E-state index contributed by atoms with van der Waals surface area (Å²) in [6.45, 7) is 4.45. The van der Waals surface area contributed by atoms with E-state index in [1.165, 1.54) is 0 Å². The Kier molecular flexibility index (Phi) is 5.11. The molecular formula is C20H23N3O3. The Labute approximate surface area is 153 Å². The minimum absolute atomic E-state index is 0.137. The van der Waals surface area contributed by atoms with E-state index in [4.69, 9.17) is 4.74 Å². The van der Waals surface area contributed by atoms with Crippen LogP contribution in [0.15, 0.2) is 42.5 Å². The fraction of sp³-hybridized carbons (Fsp3) is 0.300. The van der Waals surface area contributed by atoms with Crippen LogP contribution in [0.2, 0.25) is 0 Å². The molecule has 1 aliphatic heterocycles. The zero-order valence-corrected chi connectivity index (χ0v) is 15.2. The number of hydrogen-bond acceptors (Lipinski definition) is 4. The lowest BCUT2D eigenvalue weighted by Gasteiger charge is -2.35. The fourth-order valence-corrected chi connectivity index (χ4v) is 3.17. The largest absolute Gasteiger partial charge is 0.477 e. The molecule has 2 aromatic rings. The summed E-state index contributed by atoms with van der Waals surface area (Å²) in [5.41, 5.74) is 3.77. The van der Waals surface area contributed by atoms with Gasteiger partial charge in [0.15, 0.2) is 6.10 Å². The summed E-state index contributed by atoms with van der Waals surface area (Å²) in [4.78, 5) is 26.4. The normalized spacial score (nSPS) is 15.7. The van der Waals surface area contributed by atoms with Crippen molar-refractivity contribution in [1.82, 2.24) is 5.32 Å². The molecule has 0 unspecified atom stereocenters. The number of fused-ring (bicyclic) bond motifs is 1. The monoisotopic (exact) mass is 353 g/mol. The van der Waals surface area contributed by atoms with Crippen molar-refractivity contribution in [3.05, 3.63) is 53.6 Å². The van der Waals surface area contributed by atoms with Gasteiger partial charge in [0.1, 0.15) is 5.75 Å². The first-order valence-electron chi connectivity index (χ1n) is 8.56. The highest BCUT2D eigenvalue weighted by Gasteiger charge is 2.30. The number of nitrogens with one attached hydrogen (secondary N) is 2. The summed E-state index contributed by atoms with van der Waals surface area (Å²) in [5.74, 6) is 0.258. The van der Waals surface area contributed by atoms with Crippen LogP contribution in [0.3, 0.4) is 0 Å². The van der Waals surface area contributed by atoms with Crippen molar-refractivity contribution in [1.29, 1.82) is 0 Å². The summed E-state index contributed by atoms with van der Waals surface area (Å²) in [7, 11) is 1.57. The molecule has 0 aromatic heterocycles. The van der Waals surface area contributed by atoms with Crippen LogP contribution in [-0.2, 0) is 9.59 Å². The molecule has 1 aliphatic rings. The summed E-state index contributed by atoms with van der Waals surface area (Å²) in [6, 6.07) is 13.4. The standard InChI is InChI=1S/C20H23N3O3/c1-13-8-14(2)10-15(9-13)22-19(24)12-23-11-18(20(25)21-3)26-17-7-5-4-6-16(17)23/h4-10,18H,11-12H2,1-3H3,(H,21,25)(H,22,24)/t18-/m1/s1. The van der Waals surface area contributed by atoms with Gasteiger partial charge in [-0.15, -0.1) is 0 Å². The van der Waals surface area contributed by atoms with Gasteiger partial charge in [-0.3, -0.25) is 9.59 Å². The highest BCUT2D eigenvalue weighted by atomic mass is 16.5. The van der Waals surface area contributed by atoms with E-state index in [-0.39, 0.29) is 18.4 Å². The van der Waals surface area contributed by atoms with Gasteiger partial charge in [0.2, 0.25) is 5.91 Å². The van der Waals surface area contributed by atoms with E-state index in [0.29, 0.717) is 12.3 Å². The first kappa shape index (κ1) is 17.8. The van der Waals surface area contributed by atoms with E-state index in [0.717, 1.165) is 22.5 Å². The molecule has 0 spiro atoms. The van der Waals surface area contributed by atoms with E-state index >= 15 is 0 Å². The average Bonchev–Trinajstić information content (AvgIpc) is 2.59. The van der Waals surface area contributed by atoms with Gasteiger partial charge in [0.25, 0.3) is 5.91 Å². The molecule has 0 radical (unpaired) electrons. The number of para-hydroxylation sites is 2. The van der Waals surface area contributed by atoms with Crippen molar-refractivity contribution in [3.8, 4) is 5.75 Å². The molecule has 136 valence electrons. The molecule has 0 bridgehead atoms. The third-order valence-electron chi connectivity index (χ3n) is 4.24. The zero-order chi connectivity index (χ0) is 18.7. The minimum Gasteiger partial charge on any atom is -0.477 e. The lowest BCUT2D eigenvalue weighted by molar-refractivity contribution is -0.127. The van der Waals surface area contributed by atoms with Gasteiger partial charge >= 0.3 is 0 Å². The van der Waals surface area contributed by atoms with Crippen molar-refractivity contribution < 1.29 is 14.3 Å². The van der Waals surface area contributed by atoms with E-state index < -0.39 is 6.10 Å². The minimum atomic E-state index is -0.649. The molecule has 1 heterocycles. The Morgan fingerprint density at radius 1 is 1.15 bits per heavy atom. The van der Waals surface area contributed by atoms with Gasteiger partial charge in [0, 0.05) is 12.7 Å². The number of carbonyl (C=O) groups excluding carboxylic acids is 2. The average molecular weight is 353 g/mol. The number of carbonyl (C=O) groups is 2. The first-order valence-corrected chi connectivity index (χ1v) is 8.56. The lowest BCUT2D eigenvalue weighted by atomic mass is 10.1. The molecule has 1 atom stereocenters. The second-order valence-electron chi connectivity index (χ2n) is 6.49. The van der Waals surface area contributed by atoms with Crippen LogP contribution in [-0.4, -0.2) is 38.1 Å². The van der Waals surface area contributed by atoms with Crippen LogP contribution in [0.4, 0.5) is 11.4 Å². The fourth-order valence-electron chi connectivity index (χ4n) is 3.17. The van der Waals surface area contributed by atoms with E-state index in [9.17, 15) is 9.59 Å². The molecule has 0 saturated carbocycles. The van der Waals surface area contributed by atoms with Gasteiger partial charge in [-0.25, -0.2) is 0 Å². The Bertz CT molecular complexity index is 815. The lowest BCUT2D eigenvalue weighted by Crippen LogP contribution is -2.50. The second-order valence-corrected chi connectivity index (χ2v) is 6.49. The second kappa shape index (κ2) is 7.47. The number of hydrogen-bond donors (Lipinski definition) is 2. The van der Waals surface area contributed by atoms with Crippen LogP contribution in [0.1, 0.15) is 11.1 Å². The van der Waals surface area contributed by atoms with Crippen molar-refractivity contribution in [3.63, 3.8) is 0 Å². The molecule has 3 rings (SSSR count). The molecule has 2 N–H and O–H groups in total. The molecule has 0 fully saturated rings. The molecule has 2 amide bonds. The highest BCUT2D eigenvalue weighted by molar-refractivity contribution is 5.95. The quantitative estimate of drug-likeness (QED) is 0.885. The van der Waals surface area contributed by atoms with Crippen LogP contribution in [0.25, 0.3) is 0 Å². The summed E-state index contributed by atoms with van der Waals surface area (Å²) in [6.07, 6.45) is -0.649. The Morgan fingerprint density at radius 3 is 2.54 bits per heavy atom. The number of benzene rings is 2. The number of anilines is 2. The molecule has 6 heteroatoms. The Morgan fingerprint density at radius 2 is 1.85 bits per heavy atom. The molecule has 26 heavy (non-hydrogen) atoms.